The van der Waals surface area contributed by atoms with Crippen LogP contribution in [0.5, 0.6) is 17.2 Å². The molecule has 3 aromatic carbocycles. The number of benzene rings is 3. The monoisotopic (exact) mass is 320 g/mol. The minimum atomic E-state index is -0.00777. The Morgan fingerprint density at radius 3 is 1.79 bits per heavy atom. The Hall–Kier alpha value is -2.94. The molecular weight excluding hydrogens is 300 g/mol. The van der Waals surface area contributed by atoms with Gasteiger partial charge in [0.1, 0.15) is 17.2 Å². The summed E-state index contributed by atoms with van der Waals surface area (Å²) < 4.78 is 5.63. The molecule has 122 valence electrons. The van der Waals surface area contributed by atoms with Crippen molar-refractivity contribution in [2.24, 2.45) is 0 Å². The van der Waals surface area contributed by atoms with E-state index in [4.69, 9.17) is 4.74 Å². The molecule has 0 saturated heterocycles. The highest BCUT2D eigenvalue weighted by atomic mass is 16.5. The number of hydrogen-bond acceptors (Lipinski definition) is 3. The van der Waals surface area contributed by atoms with Crippen LogP contribution in [0.25, 0.3) is 0 Å². The van der Waals surface area contributed by atoms with Crippen molar-refractivity contribution in [3.63, 3.8) is 0 Å². The molecule has 0 spiro atoms. The Kier molecular flexibility index (Phi) is 4.71. The van der Waals surface area contributed by atoms with Gasteiger partial charge in [-0.05, 0) is 60.0 Å². The molecule has 0 fully saturated rings. The first-order valence-corrected chi connectivity index (χ1v) is 7.98. The lowest BCUT2D eigenvalue weighted by Gasteiger charge is -2.20. The van der Waals surface area contributed by atoms with Crippen LogP contribution in [0.3, 0.4) is 0 Å². The predicted octanol–water partition coefficient (Wildman–Crippen LogP) is 4.68. The van der Waals surface area contributed by atoms with E-state index in [0.29, 0.717) is 6.61 Å². The van der Waals surface area contributed by atoms with Gasteiger partial charge in [0.15, 0.2) is 0 Å². The molecule has 3 nitrogen and oxygen atoms in total. The largest absolute Gasteiger partial charge is 0.508 e. The van der Waals surface area contributed by atoms with E-state index in [1.54, 1.807) is 24.3 Å². The Balaban J connectivity index is 2.09. The highest BCUT2D eigenvalue weighted by molar-refractivity contribution is 5.47. The topological polar surface area (TPSA) is 49.7 Å². The van der Waals surface area contributed by atoms with E-state index in [1.807, 2.05) is 49.4 Å². The second kappa shape index (κ2) is 7.09. The van der Waals surface area contributed by atoms with Crippen LogP contribution in [0.4, 0.5) is 0 Å². The summed E-state index contributed by atoms with van der Waals surface area (Å²) in [6.07, 6.45) is 0. The molecule has 0 aliphatic rings. The summed E-state index contributed by atoms with van der Waals surface area (Å²) in [7, 11) is 0. The van der Waals surface area contributed by atoms with Gasteiger partial charge in [-0.1, -0.05) is 36.4 Å². The smallest absolute Gasteiger partial charge is 0.119 e. The van der Waals surface area contributed by atoms with Crippen molar-refractivity contribution in [2.45, 2.75) is 12.8 Å². The van der Waals surface area contributed by atoms with Crippen LogP contribution < -0.4 is 4.74 Å². The summed E-state index contributed by atoms with van der Waals surface area (Å²) in [5.41, 5.74) is 3.22. The highest BCUT2D eigenvalue weighted by Crippen LogP contribution is 2.34. The molecular formula is C21H20O3. The molecule has 0 aliphatic heterocycles. The van der Waals surface area contributed by atoms with Crippen LogP contribution >= 0.6 is 0 Å². The third-order valence-corrected chi connectivity index (χ3v) is 3.96. The van der Waals surface area contributed by atoms with Crippen molar-refractivity contribution in [1.82, 2.24) is 0 Å². The minimum Gasteiger partial charge on any atom is -0.508 e. The van der Waals surface area contributed by atoms with E-state index in [-0.39, 0.29) is 17.4 Å². The summed E-state index contributed by atoms with van der Waals surface area (Å²) in [5.74, 6) is 1.31. The van der Waals surface area contributed by atoms with Crippen LogP contribution in [0.15, 0.2) is 72.8 Å². The quantitative estimate of drug-likeness (QED) is 0.671. The molecule has 3 heteroatoms. The number of phenolic OH excluding ortho intramolecular Hbond substituents is 2. The van der Waals surface area contributed by atoms with Gasteiger partial charge in [0.05, 0.1) is 6.61 Å². The lowest BCUT2D eigenvalue weighted by Crippen LogP contribution is -2.04. The molecule has 0 amide bonds. The second-order valence-corrected chi connectivity index (χ2v) is 5.62. The number of phenols is 2. The van der Waals surface area contributed by atoms with Crippen molar-refractivity contribution in [1.29, 1.82) is 0 Å². The van der Waals surface area contributed by atoms with Crippen LogP contribution in [0, 0.1) is 0 Å². The number of rotatable bonds is 5. The van der Waals surface area contributed by atoms with Gasteiger partial charge in [-0.25, -0.2) is 0 Å². The van der Waals surface area contributed by atoms with Crippen LogP contribution in [0.2, 0.25) is 0 Å². The van der Waals surface area contributed by atoms with E-state index in [9.17, 15) is 10.2 Å². The Morgan fingerprint density at radius 2 is 1.29 bits per heavy atom. The van der Waals surface area contributed by atoms with E-state index in [2.05, 4.69) is 6.07 Å². The average molecular weight is 320 g/mol. The van der Waals surface area contributed by atoms with Crippen LogP contribution in [-0.2, 0) is 0 Å². The SMILES string of the molecule is CCOc1cccc(C(c2ccc(O)cc2)c2ccc(O)cc2)c1. The average Bonchev–Trinajstić information content (AvgIpc) is 2.59. The minimum absolute atomic E-state index is 0.00777. The molecule has 0 heterocycles. The van der Waals surface area contributed by atoms with Crippen molar-refractivity contribution in [2.75, 3.05) is 6.61 Å². The van der Waals surface area contributed by atoms with E-state index >= 15 is 0 Å². The zero-order valence-corrected chi connectivity index (χ0v) is 13.5. The maximum atomic E-state index is 9.58. The van der Waals surface area contributed by atoms with Crippen LogP contribution in [-0.4, -0.2) is 16.8 Å². The normalized spacial score (nSPS) is 10.8. The molecule has 3 aromatic rings. The lowest BCUT2D eigenvalue weighted by atomic mass is 9.85. The van der Waals surface area contributed by atoms with Gasteiger partial charge in [-0.2, -0.15) is 0 Å². The number of ether oxygens (including phenoxy) is 1. The molecule has 0 radical (unpaired) electrons. The third kappa shape index (κ3) is 3.51. The predicted molar refractivity (Wildman–Crippen MR) is 94.8 cm³/mol. The van der Waals surface area contributed by atoms with Gasteiger partial charge in [-0.15, -0.1) is 0 Å². The molecule has 0 unspecified atom stereocenters. The number of hydrogen-bond donors (Lipinski definition) is 2. The first-order valence-electron chi connectivity index (χ1n) is 7.98. The zero-order valence-electron chi connectivity index (χ0n) is 13.5. The summed E-state index contributed by atoms with van der Waals surface area (Å²) >= 11 is 0. The van der Waals surface area contributed by atoms with Gasteiger partial charge < -0.3 is 14.9 Å². The Morgan fingerprint density at radius 1 is 0.750 bits per heavy atom. The standard InChI is InChI=1S/C21H20O3/c1-2-24-20-5-3-4-17(14-20)21(15-6-10-18(22)11-7-15)16-8-12-19(23)13-9-16/h3-14,21-23H,2H2,1H3. The Bertz CT molecular complexity index is 747. The van der Waals surface area contributed by atoms with Gasteiger partial charge in [0, 0.05) is 5.92 Å². The maximum absolute atomic E-state index is 9.58. The lowest BCUT2D eigenvalue weighted by molar-refractivity contribution is 0.340. The summed E-state index contributed by atoms with van der Waals surface area (Å²) in [6.45, 7) is 2.58. The van der Waals surface area contributed by atoms with E-state index in [0.717, 1.165) is 22.4 Å². The first-order chi connectivity index (χ1) is 11.7. The summed E-state index contributed by atoms with van der Waals surface area (Å²) in [5, 5.41) is 19.2. The second-order valence-electron chi connectivity index (χ2n) is 5.62. The molecule has 0 aliphatic carbocycles. The fourth-order valence-corrected chi connectivity index (χ4v) is 2.86. The highest BCUT2D eigenvalue weighted by Gasteiger charge is 2.17. The van der Waals surface area contributed by atoms with Gasteiger partial charge >= 0.3 is 0 Å². The zero-order chi connectivity index (χ0) is 16.9. The molecule has 0 saturated carbocycles. The molecule has 24 heavy (non-hydrogen) atoms. The summed E-state index contributed by atoms with van der Waals surface area (Å²) in [4.78, 5) is 0. The molecule has 0 atom stereocenters. The summed E-state index contributed by atoms with van der Waals surface area (Å²) in [6, 6.07) is 22.4. The number of aromatic hydroxyl groups is 2. The van der Waals surface area contributed by atoms with Crippen molar-refractivity contribution < 1.29 is 14.9 Å². The Labute approximate surface area is 141 Å². The molecule has 2 N–H and O–H groups in total. The van der Waals surface area contributed by atoms with E-state index in [1.165, 1.54) is 0 Å². The fourth-order valence-electron chi connectivity index (χ4n) is 2.86. The van der Waals surface area contributed by atoms with Crippen molar-refractivity contribution in [3.05, 3.63) is 89.5 Å². The first kappa shape index (κ1) is 15.9. The maximum Gasteiger partial charge on any atom is 0.119 e. The van der Waals surface area contributed by atoms with Gasteiger partial charge in [-0.3, -0.25) is 0 Å². The molecule has 3 rings (SSSR count). The van der Waals surface area contributed by atoms with Gasteiger partial charge in [0.2, 0.25) is 0 Å². The van der Waals surface area contributed by atoms with Crippen LogP contribution in [0.1, 0.15) is 29.5 Å². The molecule has 0 aromatic heterocycles. The van der Waals surface area contributed by atoms with Gasteiger partial charge in [0.25, 0.3) is 0 Å². The van der Waals surface area contributed by atoms with Crippen molar-refractivity contribution >= 4 is 0 Å². The van der Waals surface area contributed by atoms with E-state index < -0.39 is 0 Å². The van der Waals surface area contributed by atoms with Crippen molar-refractivity contribution in [3.8, 4) is 17.2 Å². The fraction of sp³-hybridized carbons (Fsp3) is 0.143. The molecule has 0 bridgehead atoms. The third-order valence-electron chi connectivity index (χ3n) is 3.96.